The van der Waals surface area contributed by atoms with Gasteiger partial charge in [0.2, 0.25) is 0 Å². The molecule has 262 valence electrons. The minimum absolute atomic E-state index is 0.588. The average molecular weight is 734 g/mol. The van der Waals surface area contributed by atoms with Crippen LogP contribution in [0.25, 0.3) is 110 Å². The summed E-state index contributed by atoms with van der Waals surface area (Å²) in [5.41, 5.74) is 11.1. The van der Waals surface area contributed by atoms with Crippen molar-refractivity contribution in [1.82, 2.24) is 15.0 Å². The molecule has 0 N–H and O–H groups in total. The zero-order chi connectivity index (χ0) is 37.0. The Bertz CT molecular complexity index is 3260. The maximum Gasteiger partial charge on any atom is 0.164 e. The van der Waals surface area contributed by atoms with Gasteiger partial charge < -0.3 is 4.42 Å². The summed E-state index contributed by atoms with van der Waals surface area (Å²) in [6, 6.07) is 65.7. The number of fused-ring (bicyclic) bond motifs is 6. The van der Waals surface area contributed by atoms with Crippen LogP contribution in [-0.4, -0.2) is 15.0 Å². The van der Waals surface area contributed by atoms with Gasteiger partial charge in [-0.05, 0) is 70.3 Å². The minimum Gasteiger partial charge on any atom is -0.455 e. The highest BCUT2D eigenvalue weighted by atomic mass is 32.1. The maximum atomic E-state index is 6.77. The van der Waals surface area contributed by atoms with Gasteiger partial charge in [-0.2, -0.15) is 0 Å². The standard InChI is InChI=1S/C51H31N3OS/c1-3-12-32(13-4-1)34-16-10-19-38(29-34)50-52-49(33-14-5-2-6-15-33)53-51(54-50)39-24-26-41-43-22-11-21-40(48(43)55-45(41)31-39)37-18-9-17-35(28-37)36-25-27-47-44(30-36)42-20-7-8-23-46(42)56-47/h1-31H. The summed E-state index contributed by atoms with van der Waals surface area (Å²) in [4.78, 5) is 15.1. The number of para-hydroxylation sites is 1. The van der Waals surface area contributed by atoms with Crippen LogP contribution >= 0.6 is 11.3 Å². The number of hydrogen-bond donors (Lipinski definition) is 0. The third kappa shape index (κ3) is 5.65. The third-order valence-electron chi connectivity index (χ3n) is 10.5. The van der Waals surface area contributed by atoms with Crippen molar-refractivity contribution in [1.29, 1.82) is 0 Å². The van der Waals surface area contributed by atoms with Crippen molar-refractivity contribution in [3.8, 4) is 67.5 Å². The molecule has 0 radical (unpaired) electrons. The molecule has 0 unspecified atom stereocenters. The van der Waals surface area contributed by atoms with Crippen LogP contribution < -0.4 is 0 Å². The van der Waals surface area contributed by atoms with Gasteiger partial charge in [-0.3, -0.25) is 0 Å². The molecule has 11 rings (SSSR count). The van der Waals surface area contributed by atoms with Crippen LogP contribution in [0.1, 0.15) is 0 Å². The molecule has 11 aromatic rings. The summed E-state index contributed by atoms with van der Waals surface area (Å²) >= 11 is 1.84. The summed E-state index contributed by atoms with van der Waals surface area (Å²) in [5, 5.41) is 4.72. The predicted molar refractivity (Wildman–Crippen MR) is 233 cm³/mol. The van der Waals surface area contributed by atoms with Crippen molar-refractivity contribution in [3.05, 3.63) is 188 Å². The minimum atomic E-state index is 0.588. The van der Waals surface area contributed by atoms with E-state index in [9.17, 15) is 0 Å². The highest BCUT2D eigenvalue weighted by molar-refractivity contribution is 7.25. The number of thiophene rings is 1. The lowest BCUT2D eigenvalue weighted by atomic mass is 9.97. The molecule has 56 heavy (non-hydrogen) atoms. The number of benzene rings is 8. The largest absolute Gasteiger partial charge is 0.455 e. The second-order valence-corrected chi connectivity index (χ2v) is 15.1. The molecule has 0 amide bonds. The summed E-state index contributed by atoms with van der Waals surface area (Å²) in [7, 11) is 0. The van der Waals surface area contributed by atoms with Crippen molar-refractivity contribution >= 4 is 53.4 Å². The molecule has 4 nitrogen and oxygen atoms in total. The van der Waals surface area contributed by atoms with E-state index in [0.29, 0.717) is 17.5 Å². The van der Waals surface area contributed by atoms with Gasteiger partial charge in [0.1, 0.15) is 11.2 Å². The summed E-state index contributed by atoms with van der Waals surface area (Å²) in [5.74, 6) is 1.82. The van der Waals surface area contributed by atoms with Crippen LogP contribution in [0.5, 0.6) is 0 Å². The van der Waals surface area contributed by atoms with E-state index in [4.69, 9.17) is 19.4 Å². The fraction of sp³-hybridized carbons (Fsp3) is 0. The monoisotopic (exact) mass is 733 g/mol. The molecule has 0 aliphatic heterocycles. The molecule has 3 heterocycles. The van der Waals surface area contributed by atoms with Crippen LogP contribution in [0.4, 0.5) is 0 Å². The molecule has 8 aromatic carbocycles. The lowest BCUT2D eigenvalue weighted by Gasteiger charge is -2.09. The van der Waals surface area contributed by atoms with Crippen molar-refractivity contribution in [2.24, 2.45) is 0 Å². The lowest BCUT2D eigenvalue weighted by Crippen LogP contribution is -2.00. The predicted octanol–water partition coefficient (Wildman–Crippen LogP) is 14.1. The van der Waals surface area contributed by atoms with Crippen molar-refractivity contribution < 1.29 is 4.42 Å². The van der Waals surface area contributed by atoms with Gasteiger partial charge in [0.15, 0.2) is 17.5 Å². The zero-order valence-corrected chi connectivity index (χ0v) is 30.9. The molecule has 0 bridgehead atoms. The van der Waals surface area contributed by atoms with E-state index in [1.165, 1.54) is 31.3 Å². The number of aromatic nitrogens is 3. The third-order valence-corrected chi connectivity index (χ3v) is 11.7. The Morgan fingerprint density at radius 3 is 1.66 bits per heavy atom. The second-order valence-electron chi connectivity index (χ2n) is 14.0. The molecular weight excluding hydrogens is 703 g/mol. The highest BCUT2D eigenvalue weighted by Gasteiger charge is 2.17. The Morgan fingerprint density at radius 1 is 0.321 bits per heavy atom. The number of rotatable bonds is 6. The van der Waals surface area contributed by atoms with E-state index in [0.717, 1.165) is 60.9 Å². The fourth-order valence-corrected chi connectivity index (χ4v) is 8.84. The van der Waals surface area contributed by atoms with Gasteiger partial charge in [-0.25, -0.2) is 15.0 Å². The van der Waals surface area contributed by atoms with E-state index >= 15 is 0 Å². The summed E-state index contributed by atoms with van der Waals surface area (Å²) in [6.45, 7) is 0. The van der Waals surface area contributed by atoms with Crippen LogP contribution in [0, 0.1) is 0 Å². The fourth-order valence-electron chi connectivity index (χ4n) is 7.76. The Morgan fingerprint density at radius 2 is 0.857 bits per heavy atom. The Kier molecular flexibility index (Phi) is 7.64. The maximum absolute atomic E-state index is 6.77. The van der Waals surface area contributed by atoms with E-state index in [1.54, 1.807) is 0 Å². The van der Waals surface area contributed by atoms with E-state index in [-0.39, 0.29) is 0 Å². The Labute approximate surface area is 327 Å². The molecule has 5 heteroatoms. The van der Waals surface area contributed by atoms with Gasteiger partial charge >= 0.3 is 0 Å². The van der Waals surface area contributed by atoms with Crippen LogP contribution in [0.3, 0.4) is 0 Å². The highest BCUT2D eigenvalue weighted by Crippen LogP contribution is 2.40. The molecule has 0 fully saturated rings. The molecule has 3 aromatic heterocycles. The second kappa shape index (κ2) is 13.3. The normalized spacial score (nSPS) is 11.6. The number of furan rings is 1. The van der Waals surface area contributed by atoms with Gasteiger partial charge in [0.05, 0.1) is 0 Å². The van der Waals surface area contributed by atoms with Crippen LogP contribution in [0.2, 0.25) is 0 Å². The summed E-state index contributed by atoms with van der Waals surface area (Å²) in [6.07, 6.45) is 0. The first-order chi connectivity index (χ1) is 27.7. The van der Waals surface area contributed by atoms with Crippen LogP contribution in [0.15, 0.2) is 192 Å². The van der Waals surface area contributed by atoms with Gasteiger partial charge in [-0.15, -0.1) is 11.3 Å². The Balaban J connectivity index is 1.00. The van der Waals surface area contributed by atoms with Gasteiger partial charge in [-0.1, -0.05) is 146 Å². The van der Waals surface area contributed by atoms with Crippen molar-refractivity contribution in [2.75, 3.05) is 0 Å². The molecule has 0 aliphatic rings. The number of nitrogens with zero attached hydrogens (tertiary/aromatic N) is 3. The van der Waals surface area contributed by atoms with E-state index in [2.05, 4.69) is 152 Å². The van der Waals surface area contributed by atoms with Crippen molar-refractivity contribution in [2.45, 2.75) is 0 Å². The lowest BCUT2D eigenvalue weighted by molar-refractivity contribution is 0.670. The van der Waals surface area contributed by atoms with Crippen LogP contribution in [-0.2, 0) is 0 Å². The molecule has 0 saturated carbocycles. The Hall–Kier alpha value is -7.21. The molecular formula is C51H31N3OS. The smallest absolute Gasteiger partial charge is 0.164 e. The SMILES string of the molecule is c1ccc(-c2cccc(-c3nc(-c4ccccc4)nc(-c4ccc5c(c4)oc4c(-c6cccc(-c7ccc8sc9ccccc9c8c7)c6)cccc45)n3)c2)cc1. The molecule has 0 aliphatic carbocycles. The first kappa shape index (κ1) is 32.2. The molecule has 0 saturated heterocycles. The van der Waals surface area contributed by atoms with E-state index < -0.39 is 0 Å². The first-order valence-electron chi connectivity index (χ1n) is 18.7. The zero-order valence-electron chi connectivity index (χ0n) is 30.1. The first-order valence-corrected chi connectivity index (χ1v) is 19.5. The average Bonchev–Trinajstić information content (AvgIpc) is 3.85. The van der Waals surface area contributed by atoms with E-state index in [1.807, 2.05) is 47.7 Å². The number of hydrogen-bond acceptors (Lipinski definition) is 5. The van der Waals surface area contributed by atoms with Crippen molar-refractivity contribution in [3.63, 3.8) is 0 Å². The molecule has 0 spiro atoms. The van der Waals surface area contributed by atoms with Gasteiger partial charge in [0, 0.05) is 53.2 Å². The quantitative estimate of drug-likeness (QED) is 0.171. The molecule has 0 atom stereocenters. The summed E-state index contributed by atoms with van der Waals surface area (Å²) < 4.78 is 9.39. The topological polar surface area (TPSA) is 51.8 Å². The van der Waals surface area contributed by atoms with Gasteiger partial charge in [0.25, 0.3) is 0 Å².